The average molecular weight is 380 g/mol. The van der Waals surface area contributed by atoms with Crippen molar-refractivity contribution in [2.45, 2.75) is 31.6 Å². The van der Waals surface area contributed by atoms with Crippen LogP contribution in [0.2, 0.25) is 0 Å². The summed E-state index contributed by atoms with van der Waals surface area (Å²) in [6, 6.07) is 6.49. The molecular weight excluding hydrogens is 350 g/mol. The van der Waals surface area contributed by atoms with Gasteiger partial charge in [-0.2, -0.15) is 4.31 Å². The largest absolute Gasteiger partial charge is 0.339 e. The van der Waals surface area contributed by atoms with Crippen LogP contribution in [0.3, 0.4) is 0 Å². The van der Waals surface area contributed by atoms with Gasteiger partial charge in [0.15, 0.2) is 0 Å². The van der Waals surface area contributed by atoms with Gasteiger partial charge in [-0.15, -0.1) is 0 Å². The predicted molar refractivity (Wildman–Crippen MR) is 102 cm³/mol. The zero-order valence-corrected chi connectivity index (χ0v) is 16.5. The average Bonchev–Trinajstić information content (AvgIpc) is 3.00. The van der Waals surface area contributed by atoms with Crippen molar-refractivity contribution >= 4 is 15.9 Å². The smallest absolute Gasteiger partial charge is 0.253 e. The van der Waals surface area contributed by atoms with Crippen molar-refractivity contribution in [2.75, 3.05) is 39.3 Å². The Bertz CT molecular complexity index is 732. The van der Waals surface area contributed by atoms with Gasteiger partial charge in [0.1, 0.15) is 0 Å². The van der Waals surface area contributed by atoms with Crippen molar-refractivity contribution in [1.29, 1.82) is 0 Å². The predicted octanol–water partition coefficient (Wildman–Crippen LogP) is 1.79. The number of rotatable bonds is 5. The highest BCUT2D eigenvalue weighted by molar-refractivity contribution is 7.89. The van der Waals surface area contributed by atoms with Gasteiger partial charge in [-0.05, 0) is 56.0 Å². The molecule has 0 bridgehead atoms. The summed E-state index contributed by atoms with van der Waals surface area (Å²) in [4.78, 5) is 15.0. The number of carbonyl (C=O) groups excluding carboxylic acids is 1. The number of amides is 1. The van der Waals surface area contributed by atoms with E-state index in [2.05, 4.69) is 5.32 Å². The van der Waals surface area contributed by atoms with Crippen molar-refractivity contribution in [3.63, 3.8) is 0 Å². The van der Waals surface area contributed by atoms with Crippen LogP contribution in [0.15, 0.2) is 29.2 Å². The molecule has 144 valence electrons. The number of nitrogens with zero attached hydrogens (tertiary/aromatic N) is 2. The monoisotopic (exact) mass is 379 g/mol. The second kappa shape index (κ2) is 8.06. The molecule has 3 rings (SSSR count). The number of fused-ring (bicyclic) bond motifs is 1. The SMILES string of the molecule is CCN(CC)S(=O)(=O)c1cccc(C(=O)N2CC[C@@H]3CNC[C@@H]3CC2)c1. The molecule has 1 aromatic carbocycles. The molecule has 1 amide bonds. The molecule has 2 saturated heterocycles. The Kier molecular flexibility index (Phi) is 5.99. The lowest BCUT2D eigenvalue weighted by molar-refractivity contribution is 0.0758. The third-order valence-electron chi connectivity index (χ3n) is 5.73. The number of hydrogen-bond acceptors (Lipinski definition) is 4. The van der Waals surface area contributed by atoms with E-state index in [1.165, 1.54) is 10.4 Å². The maximum atomic E-state index is 13.0. The summed E-state index contributed by atoms with van der Waals surface area (Å²) in [6.45, 7) is 8.05. The first-order valence-electron chi connectivity index (χ1n) is 9.57. The fourth-order valence-electron chi connectivity index (χ4n) is 4.11. The van der Waals surface area contributed by atoms with Crippen LogP contribution in [0.25, 0.3) is 0 Å². The van der Waals surface area contributed by atoms with Crippen LogP contribution in [-0.2, 0) is 10.0 Å². The zero-order valence-electron chi connectivity index (χ0n) is 15.6. The van der Waals surface area contributed by atoms with Gasteiger partial charge in [0, 0.05) is 31.7 Å². The van der Waals surface area contributed by atoms with Crippen molar-refractivity contribution in [3.05, 3.63) is 29.8 Å². The Morgan fingerprint density at radius 1 is 1.15 bits per heavy atom. The molecule has 26 heavy (non-hydrogen) atoms. The summed E-state index contributed by atoms with van der Waals surface area (Å²) < 4.78 is 26.9. The van der Waals surface area contributed by atoms with Crippen LogP contribution >= 0.6 is 0 Å². The van der Waals surface area contributed by atoms with Crippen LogP contribution in [-0.4, -0.2) is 62.8 Å². The lowest BCUT2D eigenvalue weighted by Gasteiger charge is -2.22. The van der Waals surface area contributed by atoms with E-state index in [4.69, 9.17) is 0 Å². The van der Waals surface area contributed by atoms with Gasteiger partial charge in [-0.25, -0.2) is 8.42 Å². The second-order valence-electron chi connectivity index (χ2n) is 7.17. The van der Waals surface area contributed by atoms with E-state index in [0.717, 1.165) is 39.0 Å². The molecule has 2 aliphatic heterocycles. The summed E-state index contributed by atoms with van der Waals surface area (Å²) >= 11 is 0. The normalized spacial score (nSPS) is 23.7. The molecule has 2 atom stereocenters. The van der Waals surface area contributed by atoms with Gasteiger partial charge in [-0.1, -0.05) is 19.9 Å². The minimum Gasteiger partial charge on any atom is -0.339 e. The van der Waals surface area contributed by atoms with Crippen molar-refractivity contribution in [2.24, 2.45) is 11.8 Å². The van der Waals surface area contributed by atoms with E-state index in [-0.39, 0.29) is 10.8 Å². The highest BCUT2D eigenvalue weighted by atomic mass is 32.2. The fraction of sp³-hybridized carbons (Fsp3) is 0.632. The summed E-state index contributed by atoms with van der Waals surface area (Å²) in [5.74, 6) is 1.25. The number of hydrogen-bond donors (Lipinski definition) is 1. The number of likely N-dealkylation sites (tertiary alicyclic amines) is 1. The molecule has 2 heterocycles. The highest BCUT2D eigenvalue weighted by Gasteiger charge is 2.32. The van der Waals surface area contributed by atoms with Crippen LogP contribution < -0.4 is 5.32 Å². The molecule has 0 saturated carbocycles. The molecule has 7 heteroatoms. The summed E-state index contributed by atoms with van der Waals surface area (Å²) in [5.41, 5.74) is 0.461. The van der Waals surface area contributed by atoms with Gasteiger partial charge >= 0.3 is 0 Å². The zero-order chi connectivity index (χ0) is 18.7. The fourth-order valence-corrected chi connectivity index (χ4v) is 5.61. The van der Waals surface area contributed by atoms with E-state index < -0.39 is 10.0 Å². The minimum absolute atomic E-state index is 0.0606. The summed E-state index contributed by atoms with van der Waals surface area (Å²) in [6.07, 6.45) is 2.03. The van der Waals surface area contributed by atoms with Gasteiger partial charge in [0.05, 0.1) is 4.90 Å². The number of nitrogens with one attached hydrogen (secondary N) is 1. The van der Waals surface area contributed by atoms with Crippen molar-refractivity contribution < 1.29 is 13.2 Å². The topological polar surface area (TPSA) is 69.7 Å². The van der Waals surface area contributed by atoms with Gasteiger partial charge < -0.3 is 10.2 Å². The van der Waals surface area contributed by atoms with Crippen molar-refractivity contribution in [1.82, 2.24) is 14.5 Å². The Labute approximate surface area is 156 Å². The highest BCUT2D eigenvalue weighted by Crippen LogP contribution is 2.28. The molecular formula is C19H29N3O3S. The van der Waals surface area contributed by atoms with Crippen LogP contribution in [0.1, 0.15) is 37.0 Å². The Morgan fingerprint density at radius 2 is 1.77 bits per heavy atom. The molecule has 2 fully saturated rings. The van der Waals surface area contributed by atoms with Crippen molar-refractivity contribution in [3.8, 4) is 0 Å². The lowest BCUT2D eigenvalue weighted by Crippen LogP contribution is -2.33. The first kappa shape index (κ1) is 19.3. The van der Waals surface area contributed by atoms with Crippen LogP contribution in [0.5, 0.6) is 0 Å². The third kappa shape index (κ3) is 3.80. The van der Waals surface area contributed by atoms with E-state index in [1.807, 2.05) is 18.7 Å². The molecule has 6 nitrogen and oxygen atoms in total. The molecule has 0 radical (unpaired) electrons. The van der Waals surface area contributed by atoms with Crippen LogP contribution in [0, 0.1) is 11.8 Å². The first-order chi connectivity index (χ1) is 12.5. The van der Waals surface area contributed by atoms with Gasteiger partial charge in [0.2, 0.25) is 10.0 Å². The molecule has 1 N–H and O–H groups in total. The van der Waals surface area contributed by atoms with Gasteiger partial charge in [-0.3, -0.25) is 4.79 Å². The summed E-state index contributed by atoms with van der Waals surface area (Å²) in [5, 5.41) is 3.44. The Balaban J connectivity index is 1.78. The summed E-state index contributed by atoms with van der Waals surface area (Å²) in [7, 11) is -3.55. The van der Waals surface area contributed by atoms with E-state index in [1.54, 1.807) is 18.2 Å². The minimum atomic E-state index is -3.55. The molecule has 0 spiro atoms. The lowest BCUT2D eigenvalue weighted by atomic mass is 9.92. The van der Waals surface area contributed by atoms with Crippen LogP contribution in [0.4, 0.5) is 0 Å². The molecule has 2 aliphatic rings. The third-order valence-corrected chi connectivity index (χ3v) is 7.78. The van der Waals surface area contributed by atoms with E-state index >= 15 is 0 Å². The van der Waals surface area contributed by atoms with Gasteiger partial charge in [0.25, 0.3) is 5.91 Å². The standard InChI is InChI=1S/C19H29N3O3S/c1-3-22(4-2)26(24,25)18-7-5-6-15(12-18)19(23)21-10-8-16-13-20-14-17(16)9-11-21/h5-7,12,16-17,20H,3-4,8-11,13-14H2,1-2H3/t16-,17+. The van der Waals surface area contributed by atoms with E-state index in [9.17, 15) is 13.2 Å². The molecule has 0 aliphatic carbocycles. The quantitative estimate of drug-likeness (QED) is 0.847. The Hall–Kier alpha value is -1.44. The first-order valence-corrected chi connectivity index (χ1v) is 11.0. The number of benzene rings is 1. The molecule has 1 aromatic rings. The maximum Gasteiger partial charge on any atom is 0.253 e. The molecule has 0 unspecified atom stereocenters. The molecule has 0 aromatic heterocycles. The Morgan fingerprint density at radius 3 is 2.35 bits per heavy atom. The number of sulfonamides is 1. The number of carbonyl (C=O) groups is 1. The van der Waals surface area contributed by atoms with E-state index in [0.29, 0.717) is 30.5 Å². The maximum absolute atomic E-state index is 13.0. The second-order valence-corrected chi connectivity index (χ2v) is 9.10.